The van der Waals surface area contributed by atoms with Crippen LogP contribution in [0.5, 0.6) is 5.75 Å². The van der Waals surface area contributed by atoms with E-state index in [0.717, 1.165) is 22.6 Å². The third-order valence-corrected chi connectivity index (χ3v) is 3.51. The summed E-state index contributed by atoms with van der Waals surface area (Å²) in [6.07, 6.45) is 0.453. The zero-order chi connectivity index (χ0) is 17.2. The molecule has 0 radical (unpaired) electrons. The van der Waals surface area contributed by atoms with Crippen molar-refractivity contribution in [2.45, 2.75) is 19.6 Å². The lowest BCUT2D eigenvalue weighted by molar-refractivity contribution is -0.116. The standard InChI is InChI=1S/C19H24N2O3/c1-20-11-10-19(22)21-17-5-3-4-16(12-17)14-24-13-15-6-8-18(23-2)9-7-15/h3-9,12,20H,10-11,13-14H2,1-2H3,(H,21,22). The van der Waals surface area contributed by atoms with Crippen LogP contribution in [0.25, 0.3) is 0 Å². The Morgan fingerprint density at radius 1 is 1.04 bits per heavy atom. The van der Waals surface area contributed by atoms with Crippen LogP contribution in [-0.2, 0) is 22.7 Å². The number of carbonyl (C=O) groups excluding carboxylic acids is 1. The Balaban J connectivity index is 1.81. The molecule has 0 spiro atoms. The molecular weight excluding hydrogens is 304 g/mol. The monoisotopic (exact) mass is 328 g/mol. The van der Waals surface area contributed by atoms with Crippen LogP contribution in [0.3, 0.4) is 0 Å². The van der Waals surface area contributed by atoms with Gasteiger partial charge in [-0.1, -0.05) is 24.3 Å². The lowest BCUT2D eigenvalue weighted by Gasteiger charge is -2.09. The molecule has 0 fully saturated rings. The fraction of sp³-hybridized carbons (Fsp3) is 0.316. The SMILES string of the molecule is CNCCC(=O)Nc1cccc(COCc2ccc(OC)cc2)c1. The van der Waals surface area contributed by atoms with E-state index in [0.29, 0.717) is 26.2 Å². The Hall–Kier alpha value is -2.37. The summed E-state index contributed by atoms with van der Waals surface area (Å²) in [7, 11) is 3.48. The van der Waals surface area contributed by atoms with Gasteiger partial charge in [-0.25, -0.2) is 0 Å². The molecule has 0 aromatic heterocycles. The first-order chi connectivity index (χ1) is 11.7. The highest BCUT2D eigenvalue weighted by atomic mass is 16.5. The van der Waals surface area contributed by atoms with Crippen LogP contribution in [0.1, 0.15) is 17.5 Å². The molecule has 128 valence electrons. The quantitative estimate of drug-likeness (QED) is 0.743. The van der Waals surface area contributed by atoms with Crippen molar-refractivity contribution in [3.63, 3.8) is 0 Å². The maximum Gasteiger partial charge on any atom is 0.225 e. The molecule has 24 heavy (non-hydrogen) atoms. The summed E-state index contributed by atoms with van der Waals surface area (Å²) >= 11 is 0. The van der Waals surface area contributed by atoms with Crippen molar-refractivity contribution >= 4 is 11.6 Å². The predicted molar refractivity (Wildman–Crippen MR) is 95.1 cm³/mol. The number of rotatable bonds is 9. The summed E-state index contributed by atoms with van der Waals surface area (Å²) in [6, 6.07) is 15.5. The Kier molecular flexibility index (Phi) is 7.26. The van der Waals surface area contributed by atoms with E-state index >= 15 is 0 Å². The molecule has 0 heterocycles. The molecule has 1 amide bonds. The second kappa shape index (κ2) is 9.70. The van der Waals surface area contributed by atoms with Crippen molar-refractivity contribution in [3.05, 3.63) is 59.7 Å². The van der Waals surface area contributed by atoms with Crippen molar-refractivity contribution in [3.8, 4) is 5.75 Å². The third-order valence-electron chi connectivity index (χ3n) is 3.51. The molecule has 2 aromatic carbocycles. The van der Waals surface area contributed by atoms with Gasteiger partial charge < -0.3 is 20.1 Å². The second-order valence-electron chi connectivity index (χ2n) is 5.44. The molecule has 0 aliphatic heterocycles. The Labute approximate surface area is 143 Å². The van der Waals surface area contributed by atoms with Crippen molar-refractivity contribution in [1.82, 2.24) is 5.32 Å². The van der Waals surface area contributed by atoms with E-state index in [1.54, 1.807) is 7.11 Å². The van der Waals surface area contributed by atoms with Crippen molar-refractivity contribution in [2.75, 3.05) is 26.0 Å². The first kappa shape index (κ1) is 18.0. The molecule has 2 rings (SSSR count). The zero-order valence-corrected chi connectivity index (χ0v) is 14.2. The molecule has 2 aromatic rings. The highest BCUT2D eigenvalue weighted by Crippen LogP contribution is 2.15. The predicted octanol–water partition coefficient (Wildman–Crippen LogP) is 2.96. The minimum atomic E-state index is 0.000603. The van der Waals surface area contributed by atoms with Gasteiger partial charge in [0, 0.05) is 18.7 Å². The minimum Gasteiger partial charge on any atom is -0.497 e. The number of ether oxygens (including phenoxy) is 2. The Morgan fingerprint density at radius 2 is 1.79 bits per heavy atom. The van der Waals surface area contributed by atoms with Crippen LogP contribution in [0.15, 0.2) is 48.5 Å². The summed E-state index contributed by atoms with van der Waals surface area (Å²) in [5.41, 5.74) is 2.91. The first-order valence-corrected chi connectivity index (χ1v) is 7.95. The summed E-state index contributed by atoms with van der Waals surface area (Å²) in [4.78, 5) is 11.7. The van der Waals surface area contributed by atoms with Crippen LogP contribution < -0.4 is 15.4 Å². The maximum absolute atomic E-state index is 11.7. The Morgan fingerprint density at radius 3 is 2.50 bits per heavy atom. The molecule has 0 saturated heterocycles. The number of carbonyl (C=O) groups is 1. The lowest BCUT2D eigenvalue weighted by Crippen LogP contribution is -2.18. The smallest absolute Gasteiger partial charge is 0.225 e. The molecule has 2 N–H and O–H groups in total. The van der Waals surface area contributed by atoms with E-state index in [1.807, 2.05) is 55.6 Å². The van der Waals surface area contributed by atoms with Crippen molar-refractivity contribution < 1.29 is 14.3 Å². The summed E-state index contributed by atoms with van der Waals surface area (Å²) in [5.74, 6) is 0.834. The van der Waals surface area contributed by atoms with Crippen LogP contribution in [0.4, 0.5) is 5.69 Å². The molecular formula is C19H24N2O3. The van der Waals surface area contributed by atoms with E-state index in [-0.39, 0.29) is 5.91 Å². The fourth-order valence-corrected chi connectivity index (χ4v) is 2.21. The number of nitrogens with one attached hydrogen (secondary N) is 2. The normalized spacial score (nSPS) is 10.4. The number of anilines is 1. The van der Waals surface area contributed by atoms with Gasteiger partial charge in [-0.3, -0.25) is 4.79 Å². The van der Waals surface area contributed by atoms with Gasteiger partial charge >= 0.3 is 0 Å². The largest absolute Gasteiger partial charge is 0.497 e. The van der Waals surface area contributed by atoms with Gasteiger partial charge in [-0.15, -0.1) is 0 Å². The maximum atomic E-state index is 11.7. The van der Waals surface area contributed by atoms with Gasteiger partial charge in [-0.2, -0.15) is 0 Å². The topological polar surface area (TPSA) is 59.6 Å². The molecule has 0 aliphatic rings. The molecule has 0 aliphatic carbocycles. The minimum absolute atomic E-state index is 0.000603. The molecule has 0 atom stereocenters. The molecule has 0 unspecified atom stereocenters. The van der Waals surface area contributed by atoms with E-state index in [1.165, 1.54) is 0 Å². The summed E-state index contributed by atoms with van der Waals surface area (Å²) in [6.45, 7) is 1.69. The summed E-state index contributed by atoms with van der Waals surface area (Å²) < 4.78 is 10.9. The zero-order valence-electron chi connectivity index (χ0n) is 14.2. The van der Waals surface area contributed by atoms with Gasteiger partial charge in [-0.05, 0) is 42.4 Å². The molecule has 0 bridgehead atoms. The highest BCUT2D eigenvalue weighted by Gasteiger charge is 2.03. The van der Waals surface area contributed by atoms with Gasteiger partial charge in [0.1, 0.15) is 5.75 Å². The van der Waals surface area contributed by atoms with Crippen molar-refractivity contribution in [2.24, 2.45) is 0 Å². The average Bonchev–Trinajstić information content (AvgIpc) is 2.61. The van der Waals surface area contributed by atoms with Gasteiger partial charge in [0.05, 0.1) is 20.3 Å². The molecule has 0 saturated carbocycles. The van der Waals surface area contributed by atoms with Crippen molar-refractivity contribution in [1.29, 1.82) is 0 Å². The van der Waals surface area contributed by atoms with Crippen LogP contribution in [-0.4, -0.2) is 26.6 Å². The first-order valence-electron chi connectivity index (χ1n) is 7.95. The van der Waals surface area contributed by atoms with E-state index in [2.05, 4.69) is 10.6 Å². The number of hydrogen-bond acceptors (Lipinski definition) is 4. The van der Waals surface area contributed by atoms with E-state index in [9.17, 15) is 4.79 Å². The number of methoxy groups -OCH3 is 1. The van der Waals surface area contributed by atoms with Gasteiger partial charge in [0.2, 0.25) is 5.91 Å². The summed E-state index contributed by atoms with van der Waals surface area (Å²) in [5, 5.41) is 5.85. The van der Waals surface area contributed by atoms with Crippen LogP contribution in [0.2, 0.25) is 0 Å². The number of benzene rings is 2. The number of hydrogen-bond donors (Lipinski definition) is 2. The Bertz CT molecular complexity index is 641. The molecule has 5 nitrogen and oxygen atoms in total. The third kappa shape index (κ3) is 6.02. The van der Waals surface area contributed by atoms with Gasteiger partial charge in [0.15, 0.2) is 0 Å². The highest BCUT2D eigenvalue weighted by molar-refractivity contribution is 5.90. The van der Waals surface area contributed by atoms with Gasteiger partial charge in [0.25, 0.3) is 0 Å². The number of amides is 1. The fourth-order valence-electron chi connectivity index (χ4n) is 2.21. The van der Waals surface area contributed by atoms with E-state index < -0.39 is 0 Å². The average molecular weight is 328 g/mol. The van der Waals surface area contributed by atoms with Crippen LogP contribution >= 0.6 is 0 Å². The van der Waals surface area contributed by atoms with Crippen LogP contribution in [0, 0.1) is 0 Å². The van der Waals surface area contributed by atoms with E-state index in [4.69, 9.17) is 9.47 Å². The molecule has 5 heteroatoms. The lowest BCUT2D eigenvalue weighted by atomic mass is 10.2. The second-order valence-corrected chi connectivity index (χ2v) is 5.44.